The van der Waals surface area contributed by atoms with E-state index < -0.39 is 11.2 Å². The van der Waals surface area contributed by atoms with E-state index in [-0.39, 0.29) is 24.7 Å². The first-order chi connectivity index (χ1) is 8.04. The fourth-order valence-electron chi connectivity index (χ4n) is 1.33. The number of amides is 2. The molecule has 1 atom stereocenters. The SMILES string of the molecule is O=C(O)Cc1csc(SC2CC(=O)NC2=O)n1. The summed E-state index contributed by atoms with van der Waals surface area (Å²) in [5.41, 5.74) is 0.467. The Morgan fingerprint density at radius 2 is 2.41 bits per heavy atom. The summed E-state index contributed by atoms with van der Waals surface area (Å²) in [6.45, 7) is 0. The number of hydrogen-bond acceptors (Lipinski definition) is 6. The normalized spacial score (nSPS) is 19.4. The standard InChI is InChI=1S/C9H8N2O4S2/c12-6-2-5(8(15)11-6)17-9-10-4(3-16-9)1-7(13)14/h3,5H,1-2H2,(H,13,14)(H,11,12,15). The minimum Gasteiger partial charge on any atom is -0.481 e. The van der Waals surface area contributed by atoms with Crippen LogP contribution in [0.2, 0.25) is 0 Å². The number of thioether (sulfide) groups is 1. The van der Waals surface area contributed by atoms with Gasteiger partial charge in [-0.15, -0.1) is 11.3 Å². The van der Waals surface area contributed by atoms with E-state index in [2.05, 4.69) is 10.3 Å². The molecule has 1 fully saturated rings. The van der Waals surface area contributed by atoms with Crippen molar-refractivity contribution in [3.63, 3.8) is 0 Å². The van der Waals surface area contributed by atoms with Crippen molar-refractivity contribution in [3.05, 3.63) is 11.1 Å². The number of carboxylic acid groups (broad SMARTS) is 1. The summed E-state index contributed by atoms with van der Waals surface area (Å²) >= 11 is 2.47. The van der Waals surface area contributed by atoms with E-state index >= 15 is 0 Å². The number of carbonyl (C=O) groups is 3. The fraction of sp³-hybridized carbons (Fsp3) is 0.333. The van der Waals surface area contributed by atoms with Crippen molar-refractivity contribution in [1.29, 1.82) is 0 Å². The van der Waals surface area contributed by atoms with Gasteiger partial charge in [0.05, 0.1) is 17.4 Å². The van der Waals surface area contributed by atoms with E-state index in [1.54, 1.807) is 5.38 Å². The van der Waals surface area contributed by atoms with Crippen LogP contribution in [0.5, 0.6) is 0 Å². The van der Waals surface area contributed by atoms with Gasteiger partial charge in [0.2, 0.25) is 11.8 Å². The number of nitrogens with one attached hydrogen (secondary N) is 1. The number of aliphatic carboxylic acids is 1. The second-order valence-corrected chi connectivity index (χ2v) is 5.71. The molecule has 2 amide bonds. The fourth-order valence-corrected chi connectivity index (χ4v) is 3.40. The van der Waals surface area contributed by atoms with Gasteiger partial charge in [-0.05, 0) is 0 Å². The zero-order valence-electron chi connectivity index (χ0n) is 8.50. The quantitative estimate of drug-likeness (QED) is 0.764. The highest BCUT2D eigenvalue weighted by atomic mass is 32.2. The Morgan fingerprint density at radius 1 is 1.65 bits per heavy atom. The summed E-state index contributed by atoms with van der Waals surface area (Å²) in [5, 5.41) is 12.0. The van der Waals surface area contributed by atoms with Crippen LogP contribution in [-0.2, 0) is 20.8 Å². The topological polar surface area (TPSA) is 96.4 Å². The van der Waals surface area contributed by atoms with E-state index in [1.165, 1.54) is 23.1 Å². The van der Waals surface area contributed by atoms with Crippen LogP contribution in [0.4, 0.5) is 0 Å². The number of aromatic nitrogens is 1. The molecule has 2 heterocycles. The van der Waals surface area contributed by atoms with Crippen molar-refractivity contribution >= 4 is 40.9 Å². The van der Waals surface area contributed by atoms with Gasteiger partial charge >= 0.3 is 5.97 Å². The average molecular weight is 272 g/mol. The molecule has 0 bridgehead atoms. The predicted molar refractivity (Wildman–Crippen MR) is 60.9 cm³/mol. The molecule has 1 unspecified atom stereocenters. The Bertz CT molecular complexity index is 485. The van der Waals surface area contributed by atoms with Crippen LogP contribution in [0.3, 0.4) is 0 Å². The number of nitrogens with zero attached hydrogens (tertiary/aromatic N) is 1. The molecule has 1 aliphatic heterocycles. The van der Waals surface area contributed by atoms with E-state index in [0.717, 1.165) is 0 Å². The van der Waals surface area contributed by atoms with Crippen LogP contribution in [0, 0.1) is 0 Å². The molecule has 0 spiro atoms. The summed E-state index contributed by atoms with van der Waals surface area (Å²) in [6.07, 6.45) is 0.0181. The van der Waals surface area contributed by atoms with Crippen LogP contribution < -0.4 is 5.32 Å². The summed E-state index contributed by atoms with van der Waals surface area (Å²) in [7, 11) is 0. The van der Waals surface area contributed by atoms with E-state index in [9.17, 15) is 14.4 Å². The number of imide groups is 1. The third-order valence-electron chi connectivity index (χ3n) is 2.03. The molecule has 0 aliphatic carbocycles. The van der Waals surface area contributed by atoms with Gasteiger partial charge < -0.3 is 5.11 Å². The number of hydrogen-bond donors (Lipinski definition) is 2. The molecule has 1 aliphatic rings. The highest BCUT2D eigenvalue weighted by Crippen LogP contribution is 2.30. The highest BCUT2D eigenvalue weighted by Gasteiger charge is 2.32. The zero-order valence-corrected chi connectivity index (χ0v) is 10.1. The molecule has 0 saturated carbocycles. The lowest BCUT2D eigenvalue weighted by Crippen LogP contribution is -2.22. The molecule has 1 aromatic heterocycles. The van der Waals surface area contributed by atoms with Crippen molar-refractivity contribution in [2.45, 2.75) is 22.4 Å². The smallest absolute Gasteiger partial charge is 0.309 e. The first kappa shape index (κ1) is 12.1. The van der Waals surface area contributed by atoms with E-state index in [1.807, 2.05) is 0 Å². The second-order valence-electron chi connectivity index (χ2n) is 3.40. The molecule has 8 heteroatoms. The van der Waals surface area contributed by atoms with Crippen LogP contribution in [0.1, 0.15) is 12.1 Å². The maximum absolute atomic E-state index is 11.3. The molecule has 1 aromatic rings. The lowest BCUT2D eigenvalue weighted by atomic mass is 10.3. The average Bonchev–Trinajstić information content (AvgIpc) is 2.74. The maximum Gasteiger partial charge on any atom is 0.309 e. The van der Waals surface area contributed by atoms with Gasteiger partial charge in [0.1, 0.15) is 0 Å². The maximum atomic E-state index is 11.3. The van der Waals surface area contributed by atoms with Crippen molar-refractivity contribution in [2.75, 3.05) is 0 Å². The Morgan fingerprint density at radius 3 is 3.00 bits per heavy atom. The Labute approximate surface area is 104 Å². The predicted octanol–water partition coefficient (Wildman–Crippen LogP) is 0.277. The number of carboxylic acids is 1. The highest BCUT2D eigenvalue weighted by molar-refractivity contribution is 8.02. The first-order valence-corrected chi connectivity index (χ1v) is 6.47. The lowest BCUT2D eigenvalue weighted by molar-refractivity contribution is -0.136. The van der Waals surface area contributed by atoms with Crippen molar-refractivity contribution in [2.24, 2.45) is 0 Å². The number of thiazole rings is 1. The largest absolute Gasteiger partial charge is 0.481 e. The summed E-state index contributed by atoms with van der Waals surface area (Å²) in [4.78, 5) is 36.8. The van der Waals surface area contributed by atoms with Gasteiger partial charge in [0, 0.05) is 11.8 Å². The summed E-state index contributed by atoms with van der Waals surface area (Å²) < 4.78 is 0.608. The number of rotatable bonds is 4. The first-order valence-electron chi connectivity index (χ1n) is 4.71. The van der Waals surface area contributed by atoms with Gasteiger partial charge in [-0.1, -0.05) is 11.8 Å². The monoisotopic (exact) mass is 272 g/mol. The zero-order chi connectivity index (χ0) is 12.4. The van der Waals surface area contributed by atoms with Crippen molar-refractivity contribution < 1.29 is 19.5 Å². The van der Waals surface area contributed by atoms with Crippen LogP contribution >= 0.6 is 23.1 Å². The number of carbonyl (C=O) groups excluding carboxylic acids is 2. The molecule has 90 valence electrons. The molecule has 0 radical (unpaired) electrons. The molecule has 2 N–H and O–H groups in total. The lowest BCUT2D eigenvalue weighted by Gasteiger charge is -2.00. The third kappa shape index (κ3) is 3.04. The van der Waals surface area contributed by atoms with Gasteiger partial charge in [-0.25, -0.2) is 4.98 Å². The summed E-state index contributed by atoms with van der Waals surface area (Å²) in [6, 6.07) is 0. The molecule has 2 rings (SSSR count). The molecule has 1 saturated heterocycles. The summed E-state index contributed by atoms with van der Waals surface area (Å²) in [5.74, 6) is -1.54. The molecular formula is C9H8N2O4S2. The molecule has 17 heavy (non-hydrogen) atoms. The molecule has 6 nitrogen and oxygen atoms in total. The Kier molecular flexibility index (Phi) is 3.43. The van der Waals surface area contributed by atoms with Crippen LogP contribution in [0.25, 0.3) is 0 Å². The molecule has 0 aromatic carbocycles. The van der Waals surface area contributed by atoms with E-state index in [4.69, 9.17) is 5.11 Å². The van der Waals surface area contributed by atoms with Gasteiger partial charge in [-0.2, -0.15) is 0 Å². The minimum absolute atomic E-state index is 0.132. The minimum atomic E-state index is -0.944. The second kappa shape index (κ2) is 4.84. The van der Waals surface area contributed by atoms with Gasteiger partial charge in [-0.3, -0.25) is 19.7 Å². The van der Waals surface area contributed by atoms with Crippen molar-refractivity contribution in [1.82, 2.24) is 10.3 Å². The Balaban J connectivity index is 1.99. The van der Waals surface area contributed by atoms with Crippen LogP contribution in [-0.4, -0.2) is 33.1 Å². The molecular weight excluding hydrogens is 264 g/mol. The Hall–Kier alpha value is -1.41. The van der Waals surface area contributed by atoms with E-state index in [0.29, 0.717) is 10.0 Å². The van der Waals surface area contributed by atoms with Crippen molar-refractivity contribution in [3.8, 4) is 0 Å². The van der Waals surface area contributed by atoms with Gasteiger partial charge in [0.25, 0.3) is 0 Å². The third-order valence-corrected chi connectivity index (χ3v) is 4.25. The van der Waals surface area contributed by atoms with Gasteiger partial charge in [0.15, 0.2) is 4.34 Å². The van der Waals surface area contributed by atoms with Crippen LogP contribution in [0.15, 0.2) is 9.72 Å².